The summed E-state index contributed by atoms with van der Waals surface area (Å²) in [6.07, 6.45) is 3.55. The molecule has 4 heteroatoms. The molecule has 0 aliphatic heterocycles. The average molecular weight is 284 g/mol. The normalized spacial score (nSPS) is 10.9. The molecule has 0 amide bonds. The summed E-state index contributed by atoms with van der Waals surface area (Å²) in [7, 11) is 0. The van der Waals surface area contributed by atoms with Crippen LogP contribution < -0.4 is 0 Å². The first-order valence-electron chi connectivity index (χ1n) is 6.99. The number of pyridine rings is 2. The molecule has 22 heavy (non-hydrogen) atoms. The quantitative estimate of drug-likeness (QED) is 0.575. The van der Waals surface area contributed by atoms with E-state index in [4.69, 9.17) is 5.26 Å². The van der Waals surface area contributed by atoms with E-state index < -0.39 is 0 Å². The van der Waals surface area contributed by atoms with Crippen molar-refractivity contribution in [2.24, 2.45) is 0 Å². The lowest BCUT2D eigenvalue weighted by molar-refractivity contribution is 1.27. The number of aromatic amines is 1. The van der Waals surface area contributed by atoms with Crippen LogP contribution in [0.1, 0.15) is 11.3 Å². The maximum Gasteiger partial charge on any atom is 0.141 e. The van der Waals surface area contributed by atoms with Crippen molar-refractivity contribution in [3.8, 4) is 17.2 Å². The summed E-state index contributed by atoms with van der Waals surface area (Å²) in [5.41, 5.74) is 5.53. The summed E-state index contributed by atoms with van der Waals surface area (Å²) in [6, 6.07) is 14.3. The van der Waals surface area contributed by atoms with Crippen LogP contribution in [0.25, 0.3) is 33.1 Å². The first-order chi connectivity index (χ1) is 10.7. The molecular formula is C18H12N4. The van der Waals surface area contributed by atoms with E-state index in [0.717, 1.165) is 33.1 Å². The minimum atomic E-state index is 0.411. The Bertz CT molecular complexity index is 1050. The predicted molar refractivity (Wildman–Crippen MR) is 86.3 cm³/mol. The van der Waals surface area contributed by atoms with Gasteiger partial charge in [-0.3, -0.25) is 0 Å². The van der Waals surface area contributed by atoms with E-state index in [0.29, 0.717) is 5.69 Å². The van der Waals surface area contributed by atoms with Gasteiger partial charge in [-0.15, -0.1) is 0 Å². The number of hydrogen-bond donors (Lipinski definition) is 1. The molecule has 0 spiro atoms. The van der Waals surface area contributed by atoms with Crippen LogP contribution in [0.15, 0.2) is 48.8 Å². The van der Waals surface area contributed by atoms with Crippen molar-refractivity contribution in [2.75, 3.05) is 0 Å². The Morgan fingerprint density at radius 3 is 2.73 bits per heavy atom. The van der Waals surface area contributed by atoms with Gasteiger partial charge in [0.05, 0.1) is 11.7 Å². The topological polar surface area (TPSA) is 65.4 Å². The van der Waals surface area contributed by atoms with E-state index in [2.05, 4.69) is 52.2 Å². The van der Waals surface area contributed by atoms with Crippen LogP contribution in [0, 0.1) is 18.3 Å². The predicted octanol–water partition coefficient (Wildman–Crippen LogP) is 3.96. The number of aromatic nitrogens is 3. The summed E-state index contributed by atoms with van der Waals surface area (Å²) < 4.78 is 0. The van der Waals surface area contributed by atoms with E-state index in [-0.39, 0.29) is 0 Å². The molecule has 4 aromatic rings. The van der Waals surface area contributed by atoms with Crippen molar-refractivity contribution >= 4 is 21.9 Å². The van der Waals surface area contributed by atoms with Crippen LogP contribution in [-0.4, -0.2) is 15.0 Å². The summed E-state index contributed by atoms with van der Waals surface area (Å²) in [4.78, 5) is 11.8. The van der Waals surface area contributed by atoms with Gasteiger partial charge in [0, 0.05) is 22.5 Å². The van der Waals surface area contributed by atoms with Gasteiger partial charge in [-0.2, -0.15) is 5.26 Å². The number of hydrogen-bond acceptors (Lipinski definition) is 3. The Hall–Kier alpha value is -3.19. The monoisotopic (exact) mass is 284 g/mol. The van der Waals surface area contributed by atoms with Crippen molar-refractivity contribution in [3.05, 3.63) is 60.0 Å². The highest BCUT2D eigenvalue weighted by atomic mass is 14.9. The Balaban J connectivity index is 2.00. The molecule has 0 fully saturated rings. The van der Waals surface area contributed by atoms with Gasteiger partial charge in [0.1, 0.15) is 17.4 Å². The molecule has 0 bridgehead atoms. The lowest BCUT2D eigenvalue weighted by atomic mass is 10.0. The van der Waals surface area contributed by atoms with Crippen LogP contribution >= 0.6 is 0 Å². The van der Waals surface area contributed by atoms with Gasteiger partial charge in [-0.25, -0.2) is 9.97 Å². The Kier molecular flexibility index (Phi) is 2.67. The summed E-state index contributed by atoms with van der Waals surface area (Å²) in [5.74, 6) is 0. The number of aryl methyl sites for hydroxylation is 1. The number of H-pyrrole nitrogens is 1. The zero-order valence-electron chi connectivity index (χ0n) is 12.0. The number of nitriles is 1. The van der Waals surface area contributed by atoms with Crippen LogP contribution in [0.2, 0.25) is 0 Å². The molecule has 0 saturated carbocycles. The lowest BCUT2D eigenvalue weighted by Gasteiger charge is -2.03. The van der Waals surface area contributed by atoms with Crippen LogP contribution in [-0.2, 0) is 0 Å². The molecule has 1 aromatic carbocycles. The van der Waals surface area contributed by atoms with Crippen molar-refractivity contribution in [3.63, 3.8) is 0 Å². The molecule has 3 aromatic heterocycles. The SMILES string of the molecule is Cc1cccc(-c2cnc3[nH]c4cnc(C#N)cc4c3c2)c1. The summed E-state index contributed by atoms with van der Waals surface area (Å²) in [6.45, 7) is 2.08. The third-order valence-corrected chi connectivity index (χ3v) is 3.80. The number of fused-ring (bicyclic) bond motifs is 3. The summed E-state index contributed by atoms with van der Waals surface area (Å²) >= 11 is 0. The highest BCUT2D eigenvalue weighted by Gasteiger charge is 2.09. The second-order valence-corrected chi connectivity index (χ2v) is 5.34. The van der Waals surface area contributed by atoms with Gasteiger partial charge in [0.25, 0.3) is 0 Å². The molecule has 1 N–H and O–H groups in total. The Morgan fingerprint density at radius 1 is 1.00 bits per heavy atom. The molecule has 0 unspecified atom stereocenters. The standard InChI is InChI=1S/C18H12N4/c1-11-3-2-4-12(5-11)13-6-16-15-7-14(8-19)20-10-17(15)22-18(16)21-9-13/h2-7,9-10H,1H3,(H,21,22). The van der Waals surface area contributed by atoms with E-state index in [1.54, 1.807) is 12.3 Å². The largest absolute Gasteiger partial charge is 0.338 e. The number of benzene rings is 1. The molecule has 104 valence electrons. The van der Waals surface area contributed by atoms with Gasteiger partial charge in [-0.1, -0.05) is 29.8 Å². The molecule has 0 aliphatic rings. The molecule has 4 nitrogen and oxygen atoms in total. The number of rotatable bonds is 1. The third kappa shape index (κ3) is 1.92. The fraction of sp³-hybridized carbons (Fsp3) is 0.0556. The minimum absolute atomic E-state index is 0.411. The number of nitrogens with one attached hydrogen (secondary N) is 1. The first-order valence-corrected chi connectivity index (χ1v) is 6.99. The maximum absolute atomic E-state index is 9.03. The van der Waals surface area contributed by atoms with E-state index >= 15 is 0 Å². The van der Waals surface area contributed by atoms with Crippen LogP contribution in [0.4, 0.5) is 0 Å². The fourth-order valence-corrected chi connectivity index (χ4v) is 2.72. The van der Waals surface area contributed by atoms with E-state index in [1.165, 1.54) is 5.56 Å². The highest BCUT2D eigenvalue weighted by Crippen LogP contribution is 2.28. The Morgan fingerprint density at radius 2 is 1.91 bits per heavy atom. The van der Waals surface area contributed by atoms with Crippen molar-refractivity contribution in [1.29, 1.82) is 5.26 Å². The molecule has 0 saturated heterocycles. The molecule has 3 heterocycles. The Labute approximate surface area is 127 Å². The first kappa shape index (κ1) is 12.5. The number of nitrogens with zero attached hydrogens (tertiary/aromatic N) is 3. The highest BCUT2D eigenvalue weighted by molar-refractivity contribution is 6.06. The maximum atomic E-state index is 9.03. The second-order valence-electron chi connectivity index (χ2n) is 5.34. The van der Waals surface area contributed by atoms with Gasteiger partial charge in [-0.05, 0) is 24.6 Å². The van der Waals surface area contributed by atoms with Gasteiger partial charge in [0.2, 0.25) is 0 Å². The molecule has 0 atom stereocenters. The lowest BCUT2D eigenvalue weighted by Crippen LogP contribution is -1.83. The molecule has 0 aliphatic carbocycles. The minimum Gasteiger partial charge on any atom is -0.338 e. The van der Waals surface area contributed by atoms with E-state index in [9.17, 15) is 0 Å². The second kappa shape index (κ2) is 4.68. The zero-order chi connectivity index (χ0) is 15.1. The zero-order valence-corrected chi connectivity index (χ0v) is 12.0. The smallest absolute Gasteiger partial charge is 0.141 e. The van der Waals surface area contributed by atoms with Gasteiger partial charge >= 0.3 is 0 Å². The third-order valence-electron chi connectivity index (χ3n) is 3.80. The average Bonchev–Trinajstić information content (AvgIpc) is 2.91. The van der Waals surface area contributed by atoms with Crippen LogP contribution in [0.5, 0.6) is 0 Å². The van der Waals surface area contributed by atoms with Crippen molar-refractivity contribution in [2.45, 2.75) is 6.92 Å². The summed E-state index contributed by atoms with van der Waals surface area (Å²) in [5, 5.41) is 11.0. The van der Waals surface area contributed by atoms with Gasteiger partial charge in [0.15, 0.2) is 0 Å². The molecule has 4 rings (SSSR count). The van der Waals surface area contributed by atoms with Crippen LogP contribution in [0.3, 0.4) is 0 Å². The fourth-order valence-electron chi connectivity index (χ4n) is 2.72. The van der Waals surface area contributed by atoms with Crippen molar-refractivity contribution in [1.82, 2.24) is 15.0 Å². The van der Waals surface area contributed by atoms with Gasteiger partial charge < -0.3 is 4.98 Å². The van der Waals surface area contributed by atoms with E-state index in [1.807, 2.05) is 12.3 Å². The molecular weight excluding hydrogens is 272 g/mol. The van der Waals surface area contributed by atoms with Crippen molar-refractivity contribution < 1.29 is 0 Å². The molecule has 0 radical (unpaired) electrons.